The Balaban J connectivity index is 0.00000364. The number of hydrogen-bond donors (Lipinski definition) is 1. The molecule has 2 rings (SSSR count). The van der Waals surface area contributed by atoms with E-state index >= 15 is 0 Å². The number of piperazine rings is 1. The Morgan fingerprint density at radius 3 is 2.59 bits per heavy atom. The number of carbonyl (C=O) groups is 1. The molecule has 0 saturated carbocycles. The van der Waals surface area contributed by atoms with Gasteiger partial charge >= 0.3 is 0 Å². The lowest BCUT2D eigenvalue weighted by Crippen LogP contribution is -2.66. The van der Waals surface area contributed by atoms with E-state index < -0.39 is 9.84 Å². The third-order valence-electron chi connectivity index (χ3n) is 4.87. The van der Waals surface area contributed by atoms with Crippen molar-refractivity contribution in [3.05, 3.63) is 12.7 Å². The quantitative estimate of drug-likeness (QED) is 0.262. The van der Waals surface area contributed by atoms with Gasteiger partial charge in [0.25, 0.3) is 0 Å². The highest BCUT2D eigenvalue weighted by Gasteiger charge is 2.40. The monoisotopic (exact) mass is 512 g/mol. The molecule has 2 fully saturated rings. The molecule has 2 saturated heterocycles. The molecule has 1 atom stereocenters. The Kier molecular flexibility index (Phi) is 8.58. The summed E-state index contributed by atoms with van der Waals surface area (Å²) in [7, 11) is -2.91. The van der Waals surface area contributed by atoms with Crippen LogP contribution in [-0.4, -0.2) is 79.3 Å². The predicted octanol–water partition coefficient (Wildman–Crippen LogP) is 1.50. The van der Waals surface area contributed by atoms with Crippen LogP contribution in [0.3, 0.4) is 0 Å². The molecule has 0 radical (unpaired) electrons. The number of amides is 1. The number of nitrogens with zero attached hydrogens (tertiary/aromatic N) is 3. The fourth-order valence-corrected chi connectivity index (χ4v) is 5.83. The maximum Gasteiger partial charge on any atom is 0.242 e. The summed E-state index contributed by atoms with van der Waals surface area (Å²) in [5.74, 6) is 1.24. The molecule has 0 aromatic heterocycles. The van der Waals surface area contributed by atoms with Crippen molar-refractivity contribution in [1.29, 1.82) is 0 Å². The molecule has 0 spiro atoms. The largest absolute Gasteiger partial charge is 0.353 e. The topological polar surface area (TPSA) is 82.1 Å². The van der Waals surface area contributed by atoms with Crippen LogP contribution in [0.5, 0.6) is 0 Å². The van der Waals surface area contributed by atoms with Gasteiger partial charge in [0.1, 0.15) is 0 Å². The molecule has 7 nitrogen and oxygen atoms in total. The molecule has 0 bridgehead atoms. The SMILES string of the molecule is C=CCNC(=NCC1CCS(=O)(=O)C1)N1CC(=O)N(C(C)C)C(C)(C)C1.I. The number of aliphatic imine (C=N–C) groups is 1. The van der Waals surface area contributed by atoms with Crippen molar-refractivity contribution in [2.75, 3.05) is 37.7 Å². The van der Waals surface area contributed by atoms with Gasteiger partial charge < -0.3 is 15.1 Å². The summed E-state index contributed by atoms with van der Waals surface area (Å²) >= 11 is 0. The number of hydrogen-bond acceptors (Lipinski definition) is 4. The number of sulfone groups is 1. The van der Waals surface area contributed by atoms with Gasteiger partial charge in [0.05, 0.1) is 23.6 Å². The lowest BCUT2D eigenvalue weighted by Gasteiger charge is -2.49. The van der Waals surface area contributed by atoms with E-state index in [1.807, 2.05) is 23.6 Å². The highest BCUT2D eigenvalue weighted by Crippen LogP contribution is 2.25. The summed E-state index contributed by atoms with van der Waals surface area (Å²) in [6, 6.07) is 0.143. The predicted molar refractivity (Wildman–Crippen MR) is 120 cm³/mol. The van der Waals surface area contributed by atoms with Crippen molar-refractivity contribution in [3.63, 3.8) is 0 Å². The van der Waals surface area contributed by atoms with Gasteiger partial charge in [-0.2, -0.15) is 0 Å². The molecule has 1 unspecified atom stereocenters. The third-order valence-corrected chi connectivity index (χ3v) is 6.71. The molecule has 0 aromatic rings. The highest BCUT2D eigenvalue weighted by atomic mass is 127. The van der Waals surface area contributed by atoms with Crippen molar-refractivity contribution in [3.8, 4) is 0 Å². The normalized spacial score (nSPS) is 24.7. The summed E-state index contributed by atoms with van der Waals surface area (Å²) in [5.41, 5.74) is -0.309. The molecular weight excluding hydrogens is 479 g/mol. The van der Waals surface area contributed by atoms with Crippen molar-refractivity contribution < 1.29 is 13.2 Å². The molecule has 0 aromatic carbocycles. The second kappa shape index (κ2) is 9.58. The van der Waals surface area contributed by atoms with Gasteiger partial charge in [0.15, 0.2) is 15.8 Å². The van der Waals surface area contributed by atoms with Crippen LogP contribution in [0.25, 0.3) is 0 Å². The highest BCUT2D eigenvalue weighted by molar-refractivity contribution is 14.0. The summed E-state index contributed by atoms with van der Waals surface area (Å²) in [6.07, 6.45) is 2.40. The van der Waals surface area contributed by atoms with Crippen molar-refractivity contribution in [1.82, 2.24) is 15.1 Å². The zero-order valence-corrected chi connectivity index (χ0v) is 19.9. The molecule has 2 aliphatic rings. The molecule has 2 aliphatic heterocycles. The molecular formula is C18H33IN4O3S. The Hall–Kier alpha value is -0.840. The lowest BCUT2D eigenvalue weighted by molar-refractivity contribution is -0.145. The van der Waals surface area contributed by atoms with E-state index in [-0.39, 0.29) is 65.4 Å². The van der Waals surface area contributed by atoms with E-state index in [1.54, 1.807) is 6.08 Å². The minimum Gasteiger partial charge on any atom is -0.353 e. The lowest BCUT2D eigenvalue weighted by atomic mass is 9.96. The standard InChI is InChI=1S/C18H32N4O3S.HI/c1-6-8-19-17(20-10-15-7-9-26(24,25)12-15)21-11-16(23)22(14(2)3)18(4,5)13-21;/h6,14-15H,1,7-13H2,2-5H3,(H,19,20);1H. The van der Waals surface area contributed by atoms with E-state index in [0.717, 1.165) is 0 Å². The third kappa shape index (κ3) is 6.33. The van der Waals surface area contributed by atoms with Gasteiger partial charge in [0, 0.05) is 25.7 Å². The number of nitrogens with one attached hydrogen (secondary N) is 1. The van der Waals surface area contributed by atoms with Crippen LogP contribution >= 0.6 is 24.0 Å². The Morgan fingerprint density at radius 1 is 1.44 bits per heavy atom. The van der Waals surface area contributed by atoms with Crippen LogP contribution in [0, 0.1) is 5.92 Å². The number of guanidine groups is 1. The number of rotatable bonds is 5. The average molecular weight is 512 g/mol. The van der Waals surface area contributed by atoms with Gasteiger partial charge in [-0.3, -0.25) is 9.79 Å². The average Bonchev–Trinajstić information content (AvgIpc) is 2.84. The molecule has 1 N–H and O–H groups in total. The summed E-state index contributed by atoms with van der Waals surface area (Å²) < 4.78 is 23.3. The van der Waals surface area contributed by atoms with E-state index in [2.05, 4.69) is 30.7 Å². The van der Waals surface area contributed by atoms with Crippen LogP contribution in [-0.2, 0) is 14.6 Å². The van der Waals surface area contributed by atoms with E-state index in [1.165, 1.54) is 0 Å². The van der Waals surface area contributed by atoms with Gasteiger partial charge in [-0.15, -0.1) is 30.6 Å². The summed E-state index contributed by atoms with van der Waals surface area (Å²) in [5, 5.41) is 3.22. The van der Waals surface area contributed by atoms with Gasteiger partial charge in [0.2, 0.25) is 5.91 Å². The summed E-state index contributed by atoms with van der Waals surface area (Å²) in [6.45, 7) is 13.8. The molecule has 0 aliphatic carbocycles. The molecule has 27 heavy (non-hydrogen) atoms. The molecule has 1 amide bonds. The number of carbonyl (C=O) groups excluding carboxylic acids is 1. The molecule has 9 heteroatoms. The zero-order valence-electron chi connectivity index (χ0n) is 16.8. The fourth-order valence-electron chi connectivity index (χ4n) is 3.98. The zero-order chi connectivity index (χ0) is 19.5. The first-order valence-electron chi connectivity index (χ1n) is 9.22. The second-order valence-electron chi connectivity index (χ2n) is 8.13. The number of halogens is 1. The molecule has 2 heterocycles. The van der Waals surface area contributed by atoms with E-state index in [9.17, 15) is 13.2 Å². The maximum atomic E-state index is 12.7. The first kappa shape index (κ1) is 24.2. The van der Waals surface area contributed by atoms with Crippen LogP contribution in [0.2, 0.25) is 0 Å². The van der Waals surface area contributed by atoms with Crippen LogP contribution in [0.1, 0.15) is 34.1 Å². The Morgan fingerprint density at radius 2 is 2.11 bits per heavy atom. The van der Waals surface area contributed by atoms with E-state index in [0.29, 0.717) is 32.0 Å². The van der Waals surface area contributed by atoms with Gasteiger partial charge in [-0.25, -0.2) is 8.42 Å². The Bertz CT molecular complexity index is 676. The molecule has 156 valence electrons. The van der Waals surface area contributed by atoms with Crippen LogP contribution < -0.4 is 5.32 Å². The van der Waals surface area contributed by atoms with Gasteiger partial charge in [-0.05, 0) is 40.0 Å². The van der Waals surface area contributed by atoms with Crippen molar-refractivity contribution in [2.24, 2.45) is 10.9 Å². The van der Waals surface area contributed by atoms with Crippen LogP contribution in [0.15, 0.2) is 17.6 Å². The maximum absolute atomic E-state index is 12.7. The summed E-state index contributed by atoms with van der Waals surface area (Å²) in [4.78, 5) is 21.2. The smallest absolute Gasteiger partial charge is 0.242 e. The van der Waals surface area contributed by atoms with Crippen LogP contribution in [0.4, 0.5) is 0 Å². The van der Waals surface area contributed by atoms with Crippen molar-refractivity contribution in [2.45, 2.75) is 45.7 Å². The minimum atomic E-state index is -2.91. The fraction of sp³-hybridized carbons (Fsp3) is 0.778. The first-order valence-corrected chi connectivity index (χ1v) is 11.0. The minimum absolute atomic E-state index is 0. The van der Waals surface area contributed by atoms with Crippen molar-refractivity contribution >= 4 is 45.7 Å². The van der Waals surface area contributed by atoms with E-state index in [4.69, 9.17) is 0 Å². The Labute approximate surface area is 180 Å². The van der Waals surface area contributed by atoms with Gasteiger partial charge in [-0.1, -0.05) is 6.08 Å². The first-order chi connectivity index (χ1) is 12.1. The second-order valence-corrected chi connectivity index (χ2v) is 10.4.